The smallest absolute Gasteiger partial charge is 0.207 e. The number of carbonyl (C=O) groups excluding carboxylic acids is 2. The Balaban J connectivity index is 2.04. The van der Waals surface area contributed by atoms with E-state index in [4.69, 9.17) is 0 Å². The van der Waals surface area contributed by atoms with E-state index in [1.54, 1.807) is 0 Å². The number of carbonyl (C=O) groups is 2. The second-order valence-electron chi connectivity index (χ2n) is 6.99. The summed E-state index contributed by atoms with van der Waals surface area (Å²) in [5.74, 6) is -1.10. The van der Waals surface area contributed by atoms with Crippen LogP contribution in [0.25, 0.3) is 0 Å². The fraction of sp³-hybridized carbons (Fsp3) is 0.273. The zero-order valence-corrected chi connectivity index (χ0v) is 14.0. The fourth-order valence-electron chi connectivity index (χ4n) is 4.70. The van der Waals surface area contributed by atoms with Gasteiger partial charge in [0.05, 0.1) is 5.92 Å². The first-order valence-corrected chi connectivity index (χ1v) is 8.43. The molecule has 1 fully saturated rings. The minimum absolute atomic E-state index is 0.203. The molecular formula is C22H20O2. The van der Waals surface area contributed by atoms with Crippen LogP contribution in [0.5, 0.6) is 0 Å². The van der Waals surface area contributed by atoms with E-state index in [2.05, 4.69) is 24.3 Å². The summed E-state index contributed by atoms with van der Waals surface area (Å²) in [7, 11) is 0. The molecule has 0 heterocycles. The van der Waals surface area contributed by atoms with Crippen LogP contribution in [0.3, 0.4) is 0 Å². The average Bonchev–Trinajstić information content (AvgIpc) is 2.63. The summed E-state index contributed by atoms with van der Waals surface area (Å²) in [5, 5.41) is 0. The predicted octanol–water partition coefficient (Wildman–Crippen LogP) is 4.10. The Hall–Kier alpha value is -2.48. The summed E-state index contributed by atoms with van der Waals surface area (Å²) in [4.78, 5) is 25.4. The van der Waals surface area contributed by atoms with Gasteiger partial charge in [0, 0.05) is 11.3 Å². The second-order valence-corrected chi connectivity index (χ2v) is 6.99. The Bertz CT molecular complexity index is 807. The van der Waals surface area contributed by atoms with E-state index in [-0.39, 0.29) is 23.4 Å². The molecule has 2 atom stereocenters. The summed E-state index contributed by atoms with van der Waals surface area (Å²) in [5.41, 5.74) is 3.97. The highest BCUT2D eigenvalue weighted by atomic mass is 16.2. The standard InChI is InChI=1S/C22H20O2/c1-14-15(2)19-21(24)20(23)18(14)13-22(19,16-9-5-3-6-10-16)17-11-7-4-8-12-17/h3-12,18-19H,13H2,1-2H3/t18-,19+/m1/s1. The summed E-state index contributed by atoms with van der Waals surface area (Å²) < 4.78 is 0. The van der Waals surface area contributed by atoms with Crippen LogP contribution < -0.4 is 0 Å². The van der Waals surface area contributed by atoms with Gasteiger partial charge in [0.15, 0.2) is 0 Å². The fourth-order valence-corrected chi connectivity index (χ4v) is 4.70. The molecule has 0 unspecified atom stereocenters. The predicted molar refractivity (Wildman–Crippen MR) is 93.6 cm³/mol. The van der Waals surface area contributed by atoms with Crippen LogP contribution >= 0.6 is 0 Å². The van der Waals surface area contributed by atoms with Gasteiger partial charge in [-0.1, -0.05) is 71.8 Å². The van der Waals surface area contributed by atoms with Crippen molar-refractivity contribution in [2.24, 2.45) is 11.8 Å². The van der Waals surface area contributed by atoms with E-state index in [1.807, 2.05) is 50.2 Å². The summed E-state index contributed by atoms with van der Waals surface area (Å²) in [6.07, 6.45) is 0.680. The third-order valence-electron chi connectivity index (χ3n) is 6.00. The first-order valence-electron chi connectivity index (χ1n) is 8.43. The molecule has 2 aromatic rings. The number of Topliss-reactive ketones (excluding diaryl/α,β-unsaturated/α-hetero) is 2. The molecule has 5 rings (SSSR count). The molecule has 2 bridgehead atoms. The maximum Gasteiger partial charge on any atom is 0.207 e. The van der Waals surface area contributed by atoms with Gasteiger partial charge in [0.25, 0.3) is 0 Å². The molecule has 0 spiro atoms. The maximum absolute atomic E-state index is 12.9. The van der Waals surface area contributed by atoms with Gasteiger partial charge in [-0.25, -0.2) is 0 Å². The highest BCUT2D eigenvalue weighted by Gasteiger charge is 2.58. The third kappa shape index (κ3) is 1.83. The van der Waals surface area contributed by atoms with Gasteiger partial charge in [-0.05, 0) is 31.4 Å². The van der Waals surface area contributed by atoms with E-state index in [1.165, 1.54) is 0 Å². The zero-order chi connectivity index (χ0) is 16.9. The molecule has 0 saturated heterocycles. The van der Waals surface area contributed by atoms with Crippen molar-refractivity contribution in [3.8, 4) is 0 Å². The monoisotopic (exact) mass is 316 g/mol. The van der Waals surface area contributed by atoms with Crippen molar-refractivity contribution in [1.82, 2.24) is 0 Å². The van der Waals surface area contributed by atoms with Gasteiger partial charge in [-0.3, -0.25) is 9.59 Å². The number of rotatable bonds is 2. The summed E-state index contributed by atoms with van der Waals surface area (Å²) in [6, 6.07) is 20.4. The zero-order valence-electron chi connectivity index (χ0n) is 14.0. The van der Waals surface area contributed by atoms with Crippen LogP contribution in [0.4, 0.5) is 0 Å². The molecule has 2 heteroatoms. The molecule has 3 aliphatic carbocycles. The van der Waals surface area contributed by atoms with E-state index in [9.17, 15) is 9.59 Å². The number of allylic oxidation sites excluding steroid dienone is 2. The van der Waals surface area contributed by atoms with Crippen LogP contribution in [0.15, 0.2) is 71.8 Å². The molecule has 0 N–H and O–H groups in total. The Morgan fingerprint density at radius 1 is 0.750 bits per heavy atom. The topological polar surface area (TPSA) is 34.1 Å². The molecule has 1 saturated carbocycles. The normalized spacial score (nSPS) is 25.2. The van der Waals surface area contributed by atoms with Crippen LogP contribution in [0.2, 0.25) is 0 Å². The Morgan fingerprint density at radius 2 is 1.25 bits per heavy atom. The lowest BCUT2D eigenvalue weighted by Gasteiger charge is -2.51. The van der Waals surface area contributed by atoms with Crippen molar-refractivity contribution in [1.29, 1.82) is 0 Å². The molecule has 2 nitrogen and oxygen atoms in total. The number of ketones is 2. The molecule has 24 heavy (non-hydrogen) atoms. The van der Waals surface area contributed by atoms with Gasteiger partial charge >= 0.3 is 0 Å². The average molecular weight is 316 g/mol. The van der Waals surface area contributed by atoms with Gasteiger partial charge in [0.2, 0.25) is 11.6 Å². The van der Waals surface area contributed by atoms with Gasteiger partial charge in [-0.2, -0.15) is 0 Å². The quantitative estimate of drug-likeness (QED) is 0.617. The van der Waals surface area contributed by atoms with Gasteiger partial charge in [-0.15, -0.1) is 0 Å². The molecule has 0 radical (unpaired) electrons. The summed E-state index contributed by atoms with van der Waals surface area (Å²) in [6.45, 7) is 4.04. The Kier molecular flexibility index (Phi) is 3.31. The van der Waals surface area contributed by atoms with Crippen molar-refractivity contribution in [3.63, 3.8) is 0 Å². The SMILES string of the molecule is CC1=C(C)[C@H]2C(=O)C(=O)[C@@H]1CC2(c1ccccc1)c1ccccc1. The van der Waals surface area contributed by atoms with E-state index in [0.717, 1.165) is 22.3 Å². The summed E-state index contributed by atoms with van der Waals surface area (Å²) >= 11 is 0. The highest BCUT2D eigenvalue weighted by molar-refractivity contribution is 6.42. The Labute approximate surface area is 142 Å². The minimum atomic E-state index is -0.443. The lowest BCUT2D eigenvalue weighted by atomic mass is 9.49. The molecule has 0 aromatic heterocycles. The van der Waals surface area contributed by atoms with Gasteiger partial charge < -0.3 is 0 Å². The van der Waals surface area contributed by atoms with Crippen LogP contribution in [0, 0.1) is 11.8 Å². The maximum atomic E-state index is 12.9. The lowest BCUT2D eigenvalue weighted by Crippen LogP contribution is -2.56. The first kappa shape index (κ1) is 15.1. The molecule has 120 valence electrons. The number of hydrogen-bond donors (Lipinski definition) is 0. The van der Waals surface area contributed by atoms with Gasteiger partial charge in [0.1, 0.15) is 0 Å². The minimum Gasteiger partial charge on any atom is -0.290 e. The molecular weight excluding hydrogens is 296 g/mol. The second kappa shape index (κ2) is 5.27. The molecule has 3 aliphatic rings. The van der Waals surface area contributed by atoms with E-state index >= 15 is 0 Å². The number of benzene rings is 2. The first-order chi connectivity index (χ1) is 11.6. The van der Waals surface area contributed by atoms with E-state index < -0.39 is 5.41 Å². The van der Waals surface area contributed by atoms with Crippen LogP contribution in [0.1, 0.15) is 31.4 Å². The van der Waals surface area contributed by atoms with E-state index in [0.29, 0.717) is 6.42 Å². The van der Waals surface area contributed by atoms with Crippen molar-refractivity contribution < 1.29 is 9.59 Å². The van der Waals surface area contributed by atoms with Crippen LogP contribution in [-0.4, -0.2) is 11.6 Å². The van der Waals surface area contributed by atoms with Crippen molar-refractivity contribution in [2.75, 3.05) is 0 Å². The molecule has 0 amide bonds. The largest absolute Gasteiger partial charge is 0.290 e. The third-order valence-corrected chi connectivity index (χ3v) is 6.00. The number of fused-ring (bicyclic) bond motifs is 2. The lowest BCUT2D eigenvalue weighted by molar-refractivity contribution is -0.145. The number of hydrogen-bond acceptors (Lipinski definition) is 2. The molecule has 0 aliphatic heterocycles. The van der Waals surface area contributed by atoms with Crippen LogP contribution in [-0.2, 0) is 15.0 Å². The van der Waals surface area contributed by atoms with Crippen molar-refractivity contribution >= 4 is 11.6 Å². The van der Waals surface area contributed by atoms with Crippen molar-refractivity contribution in [2.45, 2.75) is 25.7 Å². The van der Waals surface area contributed by atoms with Crippen molar-refractivity contribution in [3.05, 3.63) is 82.9 Å². The Morgan fingerprint density at radius 3 is 1.75 bits per heavy atom. The highest BCUT2D eigenvalue weighted by Crippen LogP contribution is 2.56. The molecule has 2 aromatic carbocycles.